The van der Waals surface area contributed by atoms with Gasteiger partial charge in [-0.15, -0.1) is 11.3 Å². The SMILES string of the molecule is COc1cc(Cl)ccc1C(Br)c1sc(C)cc1C. The predicted octanol–water partition coefficient (Wildman–Crippen LogP) is 5.51. The van der Waals surface area contributed by atoms with E-state index in [1.807, 2.05) is 18.2 Å². The topological polar surface area (TPSA) is 9.23 Å². The van der Waals surface area contributed by atoms with Gasteiger partial charge < -0.3 is 4.74 Å². The second-order valence-corrected chi connectivity index (χ2v) is 6.79. The maximum atomic E-state index is 5.99. The molecular formula is C14H14BrClOS. The van der Waals surface area contributed by atoms with E-state index in [2.05, 4.69) is 35.8 Å². The van der Waals surface area contributed by atoms with Crippen molar-refractivity contribution in [2.24, 2.45) is 0 Å². The lowest BCUT2D eigenvalue weighted by molar-refractivity contribution is 0.410. The highest BCUT2D eigenvalue weighted by Crippen LogP contribution is 2.42. The van der Waals surface area contributed by atoms with Crippen LogP contribution in [0.15, 0.2) is 24.3 Å². The third kappa shape index (κ3) is 2.73. The first-order valence-electron chi connectivity index (χ1n) is 5.57. The average Bonchev–Trinajstić information content (AvgIpc) is 2.67. The van der Waals surface area contributed by atoms with E-state index in [0.717, 1.165) is 11.3 Å². The minimum Gasteiger partial charge on any atom is -0.496 e. The molecule has 1 heterocycles. The minimum atomic E-state index is 0.142. The van der Waals surface area contributed by atoms with Gasteiger partial charge in [0.2, 0.25) is 0 Å². The fourth-order valence-electron chi connectivity index (χ4n) is 1.95. The number of alkyl halides is 1. The standard InChI is InChI=1S/C14H14BrClOS/c1-8-6-9(2)18-14(8)13(15)11-5-4-10(16)7-12(11)17-3/h4-7,13H,1-3H3. The fourth-order valence-corrected chi connectivity index (χ4v) is 4.16. The third-order valence-corrected chi connectivity index (χ3v) is 5.48. The van der Waals surface area contributed by atoms with Gasteiger partial charge in [-0.25, -0.2) is 0 Å². The Balaban J connectivity index is 2.45. The van der Waals surface area contributed by atoms with Crippen LogP contribution in [0.2, 0.25) is 5.02 Å². The number of halogens is 2. The molecule has 0 aliphatic heterocycles. The van der Waals surface area contributed by atoms with Crippen molar-refractivity contribution in [1.82, 2.24) is 0 Å². The number of rotatable bonds is 3. The average molecular weight is 346 g/mol. The van der Waals surface area contributed by atoms with Crippen molar-refractivity contribution in [3.05, 3.63) is 50.2 Å². The van der Waals surface area contributed by atoms with E-state index in [-0.39, 0.29) is 4.83 Å². The van der Waals surface area contributed by atoms with Crippen LogP contribution in [0.1, 0.15) is 25.7 Å². The summed E-state index contributed by atoms with van der Waals surface area (Å²) in [4.78, 5) is 2.77. The molecule has 1 aromatic heterocycles. The van der Waals surface area contributed by atoms with E-state index in [0.29, 0.717) is 5.02 Å². The van der Waals surface area contributed by atoms with Crippen molar-refractivity contribution in [1.29, 1.82) is 0 Å². The molecule has 2 aromatic rings. The van der Waals surface area contributed by atoms with Crippen LogP contribution < -0.4 is 4.74 Å². The molecular weight excluding hydrogens is 332 g/mol. The van der Waals surface area contributed by atoms with E-state index >= 15 is 0 Å². The van der Waals surface area contributed by atoms with Crippen LogP contribution in [0, 0.1) is 13.8 Å². The Hall–Kier alpha value is -0.510. The predicted molar refractivity (Wildman–Crippen MR) is 82.6 cm³/mol. The van der Waals surface area contributed by atoms with Crippen LogP contribution in [0.5, 0.6) is 5.75 Å². The molecule has 0 aliphatic rings. The maximum Gasteiger partial charge on any atom is 0.125 e. The third-order valence-electron chi connectivity index (χ3n) is 2.78. The van der Waals surface area contributed by atoms with E-state index in [1.165, 1.54) is 15.3 Å². The van der Waals surface area contributed by atoms with Gasteiger partial charge in [0.25, 0.3) is 0 Å². The first-order valence-corrected chi connectivity index (χ1v) is 7.68. The van der Waals surface area contributed by atoms with E-state index in [9.17, 15) is 0 Å². The monoisotopic (exact) mass is 344 g/mol. The summed E-state index contributed by atoms with van der Waals surface area (Å²) in [6.45, 7) is 4.26. The summed E-state index contributed by atoms with van der Waals surface area (Å²) in [5.41, 5.74) is 2.41. The zero-order valence-corrected chi connectivity index (χ0v) is 13.6. The van der Waals surface area contributed by atoms with Gasteiger partial charge in [-0.1, -0.05) is 33.6 Å². The van der Waals surface area contributed by atoms with Crippen LogP contribution in [-0.4, -0.2) is 7.11 Å². The minimum absolute atomic E-state index is 0.142. The zero-order valence-electron chi connectivity index (χ0n) is 10.5. The molecule has 4 heteroatoms. The second-order valence-electron chi connectivity index (χ2n) is 4.15. The molecule has 0 aliphatic carbocycles. The lowest BCUT2D eigenvalue weighted by atomic mass is 10.1. The second kappa shape index (κ2) is 5.64. The summed E-state index contributed by atoms with van der Waals surface area (Å²) in [6, 6.07) is 7.95. The van der Waals surface area contributed by atoms with Crippen molar-refractivity contribution in [3.8, 4) is 5.75 Å². The number of ether oxygens (including phenoxy) is 1. The molecule has 2 rings (SSSR count). The van der Waals surface area contributed by atoms with Gasteiger partial charge in [0, 0.05) is 20.3 Å². The molecule has 0 spiro atoms. The number of thiophene rings is 1. The smallest absolute Gasteiger partial charge is 0.125 e. The molecule has 1 unspecified atom stereocenters. The summed E-state index contributed by atoms with van der Waals surface area (Å²) in [6.07, 6.45) is 0. The largest absolute Gasteiger partial charge is 0.496 e. The fraction of sp³-hybridized carbons (Fsp3) is 0.286. The number of hydrogen-bond acceptors (Lipinski definition) is 2. The highest BCUT2D eigenvalue weighted by atomic mass is 79.9. The number of benzene rings is 1. The molecule has 0 fully saturated rings. The molecule has 0 saturated heterocycles. The zero-order chi connectivity index (χ0) is 13.3. The van der Waals surface area contributed by atoms with E-state index in [4.69, 9.17) is 16.3 Å². The van der Waals surface area contributed by atoms with Gasteiger partial charge in [0.15, 0.2) is 0 Å². The summed E-state index contributed by atoms with van der Waals surface area (Å²) >= 11 is 11.6. The van der Waals surface area contributed by atoms with Crippen LogP contribution in [0.4, 0.5) is 0 Å². The Morgan fingerprint density at radius 1 is 1.28 bits per heavy atom. The maximum absolute atomic E-state index is 5.99. The summed E-state index contributed by atoms with van der Waals surface area (Å²) < 4.78 is 5.41. The molecule has 0 amide bonds. The molecule has 1 nitrogen and oxygen atoms in total. The summed E-state index contributed by atoms with van der Waals surface area (Å²) in [5.74, 6) is 0.815. The highest BCUT2D eigenvalue weighted by molar-refractivity contribution is 9.09. The lowest BCUT2D eigenvalue weighted by Crippen LogP contribution is -1.96. The van der Waals surface area contributed by atoms with Gasteiger partial charge in [0.1, 0.15) is 5.75 Å². The Labute approximate surface area is 125 Å². The quantitative estimate of drug-likeness (QED) is 0.666. The van der Waals surface area contributed by atoms with Crippen molar-refractivity contribution >= 4 is 38.9 Å². The lowest BCUT2D eigenvalue weighted by Gasteiger charge is -2.14. The molecule has 18 heavy (non-hydrogen) atoms. The van der Waals surface area contributed by atoms with Gasteiger partial charge in [-0.2, -0.15) is 0 Å². The van der Waals surface area contributed by atoms with Crippen LogP contribution in [-0.2, 0) is 0 Å². The molecule has 0 radical (unpaired) electrons. The van der Waals surface area contributed by atoms with E-state index in [1.54, 1.807) is 18.4 Å². The summed E-state index contributed by atoms with van der Waals surface area (Å²) in [7, 11) is 1.67. The number of hydrogen-bond donors (Lipinski definition) is 0. The first kappa shape index (κ1) is 13.9. The summed E-state index contributed by atoms with van der Waals surface area (Å²) in [5, 5.41) is 0.689. The van der Waals surface area contributed by atoms with Crippen LogP contribution in [0.3, 0.4) is 0 Å². The van der Waals surface area contributed by atoms with Crippen LogP contribution in [0.25, 0.3) is 0 Å². The van der Waals surface area contributed by atoms with E-state index < -0.39 is 0 Å². The molecule has 0 N–H and O–H groups in total. The normalized spacial score (nSPS) is 12.5. The Morgan fingerprint density at radius 2 is 2.00 bits per heavy atom. The Morgan fingerprint density at radius 3 is 2.56 bits per heavy atom. The highest BCUT2D eigenvalue weighted by Gasteiger charge is 2.19. The van der Waals surface area contributed by atoms with Gasteiger partial charge in [0.05, 0.1) is 11.9 Å². The number of methoxy groups -OCH3 is 1. The van der Waals surface area contributed by atoms with Crippen molar-refractivity contribution in [2.45, 2.75) is 18.7 Å². The first-order chi connectivity index (χ1) is 8.52. The number of aryl methyl sites for hydroxylation is 2. The van der Waals surface area contributed by atoms with Crippen molar-refractivity contribution in [3.63, 3.8) is 0 Å². The van der Waals surface area contributed by atoms with Gasteiger partial charge in [-0.3, -0.25) is 0 Å². The molecule has 1 atom stereocenters. The molecule has 0 bridgehead atoms. The van der Waals surface area contributed by atoms with Gasteiger partial charge in [-0.05, 0) is 37.6 Å². The Bertz CT molecular complexity index is 565. The molecule has 96 valence electrons. The molecule has 0 saturated carbocycles. The van der Waals surface area contributed by atoms with Crippen LogP contribution >= 0.6 is 38.9 Å². The van der Waals surface area contributed by atoms with Crippen molar-refractivity contribution < 1.29 is 4.74 Å². The Kier molecular flexibility index (Phi) is 4.36. The van der Waals surface area contributed by atoms with Gasteiger partial charge >= 0.3 is 0 Å². The molecule has 1 aromatic carbocycles. The van der Waals surface area contributed by atoms with Crippen molar-refractivity contribution in [2.75, 3.05) is 7.11 Å².